The zero-order chi connectivity index (χ0) is 67.0. The Labute approximate surface area is 556 Å². The van der Waals surface area contributed by atoms with Crippen LogP contribution in [-0.4, -0.2) is 96.7 Å². The van der Waals surface area contributed by atoms with Crippen LogP contribution in [0.1, 0.15) is 375 Å². The largest absolute Gasteiger partial charge is 0.472 e. The molecule has 540 valence electrons. The fourth-order valence-corrected chi connectivity index (χ4v) is 12.5. The smallest absolute Gasteiger partial charge is 0.462 e. The number of rotatable bonds is 72. The molecule has 0 spiro atoms. The summed E-state index contributed by atoms with van der Waals surface area (Å²) in [5.41, 5.74) is 0. The molecule has 0 fully saturated rings. The van der Waals surface area contributed by atoms with Gasteiger partial charge in [-0.15, -0.1) is 0 Å². The Morgan fingerprint density at radius 3 is 0.780 bits per heavy atom. The molecule has 0 aromatic rings. The van der Waals surface area contributed by atoms with Crippen molar-refractivity contribution in [1.82, 2.24) is 0 Å². The van der Waals surface area contributed by atoms with E-state index in [0.29, 0.717) is 25.7 Å². The average Bonchev–Trinajstić information content (AvgIpc) is 3.00. The molecule has 0 aliphatic carbocycles. The van der Waals surface area contributed by atoms with Gasteiger partial charge in [0.15, 0.2) is 12.2 Å². The Hall–Kier alpha value is -1.94. The van der Waals surface area contributed by atoms with Gasteiger partial charge in [-0.25, -0.2) is 9.13 Å². The summed E-state index contributed by atoms with van der Waals surface area (Å²) in [5.74, 6) is -1.40. The zero-order valence-corrected chi connectivity index (χ0v) is 60.8. The van der Waals surface area contributed by atoms with E-state index < -0.39 is 97.5 Å². The molecule has 17 nitrogen and oxygen atoms in total. The molecule has 0 aromatic heterocycles. The molecule has 6 atom stereocenters. The van der Waals surface area contributed by atoms with Gasteiger partial charge >= 0.3 is 39.5 Å². The van der Waals surface area contributed by atoms with Gasteiger partial charge in [0.25, 0.3) is 0 Å². The summed E-state index contributed by atoms with van der Waals surface area (Å²) in [6.45, 7) is 7.20. The maximum absolute atomic E-state index is 13.0. The van der Waals surface area contributed by atoms with E-state index in [0.717, 1.165) is 95.8 Å². The molecule has 0 heterocycles. The van der Waals surface area contributed by atoms with Crippen LogP contribution < -0.4 is 0 Å². The van der Waals surface area contributed by atoms with Crippen molar-refractivity contribution in [2.75, 3.05) is 39.6 Å². The van der Waals surface area contributed by atoms with Crippen molar-refractivity contribution in [3.05, 3.63) is 0 Å². The van der Waals surface area contributed by atoms with Crippen molar-refractivity contribution in [3.8, 4) is 0 Å². The standard InChI is InChI=1S/C72H140O17P2/c1-6-10-13-16-19-22-25-26-27-28-29-30-31-32-33-35-38-41-47-52-57-71(76)88-67(61-82-70(75)56-51-46-40-37-34-23-20-17-14-11-7-2)63-86-90(78,79)84-59-66(73)60-85-91(80,81)87-64-68(89-72(77)58-53-48-43-42-44-49-54-65(5)9-4)62-83-69(74)55-50-45-39-36-24-21-18-15-12-8-3/h65-68,73H,6-64H2,1-5H3,(H,78,79)(H,80,81)/t65?,66-,67-,68-/m1/s1. The number of esters is 4. The third kappa shape index (κ3) is 65.1. The van der Waals surface area contributed by atoms with E-state index in [4.69, 9.17) is 37.0 Å². The summed E-state index contributed by atoms with van der Waals surface area (Å²) in [7, 11) is -9.90. The van der Waals surface area contributed by atoms with Gasteiger partial charge < -0.3 is 33.8 Å². The molecule has 0 saturated carbocycles. The van der Waals surface area contributed by atoms with Crippen LogP contribution in [0, 0.1) is 5.92 Å². The normalized spacial score (nSPS) is 14.3. The van der Waals surface area contributed by atoms with E-state index in [9.17, 15) is 43.2 Å². The number of unbranched alkanes of at least 4 members (excludes halogenated alkanes) is 43. The first kappa shape index (κ1) is 89.1. The minimum absolute atomic E-state index is 0.103. The first-order chi connectivity index (χ1) is 44.1. The minimum Gasteiger partial charge on any atom is -0.462 e. The number of carbonyl (C=O) groups is 4. The third-order valence-corrected chi connectivity index (χ3v) is 19.0. The second-order valence-corrected chi connectivity index (χ2v) is 29.1. The molecular weight excluding hydrogens is 1200 g/mol. The van der Waals surface area contributed by atoms with Crippen molar-refractivity contribution < 1.29 is 80.2 Å². The van der Waals surface area contributed by atoms with Gasteiger partial charge in [-0.1, -0.05) is 324 Å². The van der Waals surface area contributed by atoms with E-state index in [1.54, 1.807) is 0 Å². The topological polar surface area (TPSA) is 237 Å². The van der Waals surface area contributed by atoms with Gasteiger partial charge in [-0.3, -0.25) is 37.3 Å². The molecule has 19 heteroatoms. The van der Waals surface area contributed by atoms with Gasteiger partial charge in [-0.2, -0.15) is 0 Å². The van der Waals surface area contributed by atoms with Crippen molar-refractivity contribution in [3.63, 3.8) is 0 Å². The summed E-state index contributed by atoms with van der Waals surface area (Å²) >= 11 is 0. The quantitative estimate of drug-likeness (QED) is 0.0222. The lowest BCUT2D eigenvalue weighted by molar-refractivity contribution is -0.161. The second kappa shape index (κ2) is 65.4. The average molecular weight is 1340 g/mol. The molecule has 0 amide bonds. The molecule has 3 unspecified atom stereocenters. The van der Waals surface area contributed by atoms with Gasteiger partial charge in [-0.05, 0) is 31.6 Å². The number of aliphatic hydroxyl groups is 1. The van der Waals surface area contributed by atoms with E-state index in [2.05, 4.69) is 34.6 Å². The number of carbonyl (C=O) groups excluding carboxylic acids is 4. The lowest BCUT2D eigenvalue weighted by Gasteiger charge is -2.21. The lowest BCUT2D eigenvalue weighted by atomic mass is 10.00. The number of phosphoric ester groups is 2. The lowest BCUT2D eigenvalue weighted by Crippen LogP contribution is -2.30. The van der Waals surface area contributed by atoms with Crippen molar-refractivity contribution in [2.24, 2.45) is 5.92 Å². The molecule has 0 saturated heterocycles. The first-order valence-corrected chi connectivity index (χ1v) is 40.7. The van der Waals surface area contributed by atoms with Gasteiger partial charge in [0.1, 0.15) is 19.3 Å². The first-order valence-electron chi connectivity index (χ1n) is 37.7. The highest BCUT2D eigenvalue weighted by Crippen LogP contribution is 2.45. The van der Waals surface area contributed by atoms with Crippen LogP contribution in [0.25, 0.3) is 0 Å². The van der Waals surface area contributed by atoms with Crippen LogP contribution in [-0.2, 0) is 65.4 Å². The highest BCUT2D eigenvalue weighted by Gasteiger charge is 2.30. The van der Waals surface area contributed by atoms with E-state index in [-0.39, 0.29) is 25.7 Å². The highest BCUT2D eigenvalue weighted by molar-refractivity contribution is 7.47. The van der Waals surface area contributed by atoms with Crippen LogP contribution in [0.3, 0.4) is 0 Å². The molecule has 0 radical (unpaired) electrons. The van der Waals surface area contributed by atoms with Crippen molar-refractivity contribution in [2.45, 2.75) is 393 Å². The van der Waals surface area contributed by atoms with E-state index >= 15 is 0 Å². The zero-order valence-electron chi connectivity index (χ0n) is 59.0. The van der Waals surface area contributed by atoms with Crippen LogP contribution in [0.15, 0.2) is 0 Å². The fourth-order valence-electron chi connectivity index (χ4n) is 11.0. The monoisotopic (exact) mass is 1340 g/mol. The van der Waals surface area contributed by atoms with Gasteiger partial charge in [0.2, 0.25) is 0 Å². The summed E-state index contributed by atoms with van der Waals surface area (Å²) < 4.78 is 68.3. The molecule has 91 heavy (non-hydrogen) atoms. The molecule has 0 rings (SSSR count). The Balaban J connectivity index is 5.18. The fraction of sp³-hybridized carbons (Fsp3) is 0.944. The summed E-state index contributed by atoms with van der Waals surface area (Å²) in [5, 5.41) is 10.6. The Bertz CT molecular complexity index is 1760. The minimum atomic E-state index is -4.95. The molecular formula is C72H140O17P2. The van der Waals surface area contributed by atoms with E-state index in [1.807, 2.05) is 0 Å². The number of hydrogen-bond donors (Lipinski definition) is 3. The number of aliphatic hydroxyl groups excluding tert-OH is 1. The number of ether oxygens (including phenoxy) is 4. The maximum Gasteiger partial charge on any atom is 0.472 e. The highest BCUT2D eigenvalue weighted by atomic mass is 31.2. The second-order valence-electron chi connectivity index (χ2n) is 26.2. The molecule has 3 N–H and O–H groups in total. The summed E-state index contributed by atoms with van der Waals surface area (Å²) in [6, 6.07) is 0. The molecule has 0 aliphatic rings. The van der Waals surface area contributed by atoms with Crippen LogP contribution in [0.5, 0.6) is 0 Å². The molecule has 0 aromatic carbocycles. The predicted molar refractivity (Wildman–Crippen MR) is 368 cm³/mol. The van der Waals surface area contributed by atoms with Crippen LogP contribution in [0.4, 0.5) is 0 Å². The van der Waals surface area contributed by atoms with Crippen molar-refractivity contribution in [1.29, 1.82) is 0 Å². The van der Waals surface area contributed by atoms with Gasteiger partial charge in [0, 0.05) is 25.7 Å². The summed E-state index contributed by atoms with van der Waals surface area (Å²) in [4.78, 5) is 72.5. The summed E-state index contributed by atoms with van der Waals surface area (Å²) in [6.07, 6.45) is 52.8. The Morgan fingerprint density at radius 1 is 0.308 bits per heavy atom. The Kier molecular flexibility index (Phi) is 64.0. The van der Waals surface area contributed by atoms with Crippen LogP contribution in [0.2, 0.25) is 0 Å². The predicted octanol–water partition coefficient (Wildman–Crippen LogP) is 20.9. The maximum atomic E-state index is 13.0. The Morgan fingerprint density at radius 2 is 0.527 bits per heavy atom. The van der Waals surface area contributed by atoms with Gasteiger partial charge in [0.05, 0.1) is 26.4 Å². The molecule has 0 aliphatic heterocycles. The van der Waals surface area contributed by atoms with E-state index in [1.165, 1.54) is 199 Å². The van der Waals surface area contributed by atoms with Crippen LogP contribution >= 0.6 is 15.6 Å². The third-order valence-electron chi connectivity index (χ3n) is 17.1. The van der Waals surface area contributed by atoms with Crippen molar-refractivity contribution >= 4 is 39.5 Å². The SMILES string of the molecule is CCCCCCCCCCCCCCCCCCCCCCC(=O)O[C@H](COC(=O)CCCCCCCCCCCCC)COP(=O)(O)OC[C@@H](O)COP(=O)(O)OC[C@@H](COC(=O)CCCCCCCCCCCC)OC(=O)CCCCCCCCC(C)CC. The molecule has 0 bridgehead atoms. The number of hydrogen-bond acceptors (Lipinski definition) is 15. The number of phosphoric acid groups is 2.